The van der Waals surface area contributed by atoms with Crippen LogP contribution in [0, 0.1) is 62.6 Å². The fourth-order valence-corrected chi connectivity index (χ4v) is 13.5. The molecule has 9 heteroatoms. The van der Waals surface area contributed by atoms with Crippen molar-refractivity contribution >= 4 is 17.7 Å². The molecule has 5 saturated carbocycles. The van der Waals surface area contributed by atoms with Crippen LogP contribution in [-0.4, -0.2) is 73.8 Å². The summed E-state index contributed by atoms with van der Waals surface area (Å²) < 4.78 is 5.51. The van der Waals surface area contributed by atoms with Crippen LogP contribution in [-0.2, 0) is 19.1 Å². The summed E-state index contributed by atoms with van der Waals surface area (Å²) in [7, 11) is 0. The molecule has 1 aliphatic heterocycles. The fourth-order valence-electron chi connectivity index (χ4n) is 13.5. The highest BCUT2D eigenvalue weighted by Crippen LogP contribution is 2.78. The van der Waals surface area contributed by atoms with E-state index in [9.17, 15) is 39.9 Å². The number of hydrogen-bond donors (Lipinski definition) is 5. The second-order valence-corrected chi connectivity index (χ2v) is 17.7. The van der Waals surface area contributed by atoms with Crippen LogP contribution in [0.25, 0.3) is 0 Å². The number of ether oxygens (including phenoxy) is 1. The number of hydrogen-bond acceptors (Lipinski definition) is 7. The highest BCUT2D eigenvalue weighted by Gasteiger charge is 2.72. The molecule has 258 valence electrons. The third kappa shape index (κ3) is 4.29. The van der Waals surface area contributed by atoms with Gasteiger partial charge in [0.2, 0.25) is 0 Å². The molecule has 0 bridgehead atoms. The van der Waals surface area contributed by atoms with Gasteiger partial charge in [0.15, 0.2) is 11.9 Å². The number of ketones is 1. The molecule has 6 aliphatic rings. The molecule has 6 rings (SSSR count). The van der Waals surface area contributed by atoms with Crippen LogP contribution in [0.1, 0.15) is 106 Å². The number of carbonyl (C=O) groups is 3. The summed E-state index contributed by atoms with van der Waals surface area (Å²) >= 11 is 0. The predicted molar refractivity (Wildman–Crippen MR) is 169 cm³/mol. The smallest absolute Gasteiger partial charge is 0.335 e. The Bertz CT molecular complexity index is 1310. The van der Waals surface area contributed by atoms with Crippen molar-refractivity contribution in [3.05, 3.63) is 12.2 Å². The second-order valence-electron chi connectivity index (χ2n) is 17.7. The van der Waals surface area contributed by atoms with Crippen LogP contribution < -0.4 is 0 Å². The predicted octanol–water partition coefficient (Wildman–Crippen LogP) is 4.85. The lowest BCUT2D eigenvalue weighted by atomic mass is 9.31. The van der Waals surface area contributed by atoms with Crippen molar-refractivity contribution < 1.29 is 44.7 Å². The van der Waals surface area contributed by atoms with E-state index in [1.54, 1.807) is 0 Å². The third-order valence-electron chi connectivity index (χ3n) is 16.0. The van der Waals surface area contributed by atoms with E-state index in [1.807, 2.05) is 0 Å². The van der Waals surface area contributed by atoms with Gasteiger partial charge in [-0.25, -0.2) is 4.79 Å². The van der Waals surface area contributed by atoms with Crippen molar-refractivity contribution in [2.45, 2.75) is 136 Å². The average Bonchev–Trinajstić information content (AvgIpc) is 3.37. The number of allylic oxidation sites excluding steroid dienone is 1. The monoisotopic (exact) mass is 644 g/mol. The zero-order chi connectivity index (χ0) is 33.9. The molecule has 0 amide bonds. The van der Waals surface area contributed by atoms with Crippen LogP contribution in [0.15, 0.2) is 12.2 Å². The standard InChI is InChI=1S/C37H56O9/c1-18(2)19-10-15-37(32(44)45)17-16-35(6)20(24(19)37)8-9-23-34(5)13-11-21(33(3,4)22(34)12-14-36(23,35)7)25(38)29-27(40)26(39)28(41)30(46-29)31(42)43/h19-24,26-30,39-41H,1,8-17H2,2-7H3,(H,42,43)(H,44,45)/t19-,20?,21-,22?,23?,24?,26?,27?,28-,29-,30?,34-,35+,36+,37-/m0/s1. The largest absolute Gasteiger partial charge is 0.481 e. The van der Waals surface area contributed by atoms with Crippen LogP contribution in [0.2, 0.25) is 0 Å². The molecular formula is C37H56O9. The number of carbonyl (C=O) groups excluding carboxylic acids is 1. The number of aliphatic hydroxyl groups excluding tert-OH is 3. The SMILES string of the molecule is C=C(C)[C@@H]1CC[C@]2(C(=O)O)CC[C@]3(C)C(CCC4[C@@]5(C)CC[C@@H](C(=O)[C@@H]6OC(C(=O)O)[C@@H](O)C(O)C6O)C(C)(C)C5CC[C@]43C)C12. The van der Waals surface area contributed by atoms with E-state index in [0.29, 0.717) is 18.3 Å². The van der Waals surface area contributed by atoms with Crippen LogP contribution in [0.4, 0.5) is 0 Å². The minimum Gasteiger partial charge on any atom is -0.481 e. The molecule has 46 heavy (non-hydrogen) atoms. The average molecular weight is 645 g/mol. The maximum atomic E-state index is 14.1. The number of aliphatic carboxylic acids is 2. The lowest BCUT2D eigenvalue weighted by Crippen LogP contribution is -2.67. The molecule has 9 nitrogen and oxygen atoms in total. The van der Waals surface area contributed by atoms with Gasteiger partial charge in [-0.15, -0.1) is 0 Å². The van der Waals surface area contributed by atoms with E-state index in [1.165, 1.54) is 0 Å². The number of rotatable bonds is 5. The van der Waals surface area contributed by atoms with Crippen molar-refractivity contribution in [3.8, 4) is 0 Å². The Morgan fingerprint density at radius 1 is 0.717 bits per heavy atom. The Morgan fingerprint density at radius 2 is 1.37 bits per heavy atom. The fraction of sp³-hybridized carbons (Fsp3) is 0.865. The minimum atomic E-state index is -1.83. The van der Waals surface area contributed by atoms with Crippen molar-refractivity contribution in [3.63, 3.8) is 0 Å². The van der Waals surface area contributed by atoms with Gasteiger partial charge < -0.3 is 30.3 Å². The highest BCUT2D eigenvalue weighted by atomic mass is 16.6. The Morgan fingerprint density at radius 3 is 1.98 bits per heavy atom. The molecule has 1 saturated heterocycles. The molecule has 1 heterocycles. The molecule has 6 fully saturated rings. The maximum Gasteiger partial charge on any atom is 0.335 e. The lowest BCUT2D eigenvalue weighted by Gasteiger charge is -2.73. The van der Waals surface area contributed by atoms with Crippen LogP contribution >= 0.6 is 0 Å². The van der Waals surface area contributed by atoms with Gasteiger partial charge >= 0.3 is 11.9 Å². The molecule has 0 radical (unpaired) electrons. The van der Waals surface area contributed by atoms with Crippen LogP contribution in [0.5, 0.6) is 0 Å². The van der Waals surface area contributed by atoms with Crippen molar-refractivity contribution in [2.75, 3.05) is 0 Å². The van der Waals surface area contributed by atoms with E-state index >= 15 is 0 Å². The molecule has 5 aliphatic carbocycles. The molecule has 0 aromatic carbocycles. The minimum absolute atomic E-state index is 0.00870. The topological polar surface area (TPSA) is 162 Å². The molecule has 5 N–H and O–H groups in total. The van der Waals surface area contributed by atoms with E-state index in [4.69, 9.17) is 4.74 Å². The second kappa shape index (κ2) is 10.8. The molecule has 0 aromatic rings. The third-order valence-corrected chi connectivity index (χ3v) is 16.0. The first-order valence-corrected chi connectivity index (χ1v) is 17.6. The molecule has 15 atom stereocenters. The number of carboxylic acids is 2. The summed E-state index contributed by atoms with van der Waals surface area (Å²) in [6.07, 6.45) is -0.0559. The number of aliphatic hydroxyl groups is 3. The number of fused-ring (bicyclic) bond motifs is 7. The summed E-state index contributed by atoms with van der Waals surface area (Å²) in [5.74, 6) is -1.73. The zero-order valence-corrected chi connectivity index (χ0v) is 28.5. The molecule has 7 unspecified atom stereocenters. The van der Waals surface area contributed by atoms with E-state index in [2.05, 4.69) is 48.1 Å². The first kappa shape index (κ1) is 34.1. The summed E-state index contributed by atoms with van der Waals surface area (Å²) in [5.41, 5.74) is -0.0729. The quantitative estimate of drug-likeness (QED) is 0.264. The Labute approximate surface area is 273 Å². The van der Waals surface area contributed by atoms with Crippen molar-refractivity contribution in [2.24, 2.45) is 62.6 Å². The Kier molecular flexibility index (Phi) is 8.03. The summed E-state index contributed by atoms with van der Waals surface area (Å²) in [4.78, 5) is 38.8. The molecule has 0 spiro atoms. The van der Waals surface area contributed by atoms with Gasteiger partial charge in [0, 0.05) is 5.92 Å². The van der Waals surface area contributed by atoms with Gasteiger partial charge in [0.25, 0.3) is 0 Å². The van der Waals surface area contributed by atoms with E-state index in [-0.39, 0.29) is 34.0 Å². The van der Waals surface area contributed by atoms with Crippen molar-refractivity contribution in [1.82, 2.24) is 0 Å². The lowest BCUT2D eigenvalue weighted by molar-refractivity contribution is -0.247. The number of Topliss-reactive ketones (excluding diaryl/α,β-unsaturated/α-hetero) is 1. The molecular weight excluding hydrogens is 588 g/mol. The number of carboxylic acid groups (broad SMARTS) is 2. The summed E-state index contributed by atoms with van der Waals surface area (Å²) in [5, 5.41) is 51.6. The highest BCUT2D eigenvalue weighted by molar-refractivity contribution is 5.88. The van der Waals surface area contributed by atoms with Crippen molar-refractivity contribution in [1.29, 1.82) is 0 Å². The van der Waals surface area contributed by atoms with Gasteiger partial charge in [-0.05, 0) is 122 Å². The first-order chi connectivity index (χ1) is 21.3. The van der Waals surface area contributed by atoms with Gasteiger partial charge in [-0.2, -0.15) is 0 Å². The Hall–Kier alpha value is -1.81. The van der Waals surface area contributed by atoms with E-state index < -0.39 is 65.0 Å². The van der Waals surface area contributed by atoms with Gasteiger partial charge in [0.1, 0.15) is 24.4 Å². The van der Waals surface area contributed by atoms with Gasteiger partial charge in [0.05, 0.1) is 5.41 Å². The Balaban J connectivity index is 1.29. The zero-order valence-electron chi connectivity index (χ0n) is 28.5. The van der Waals surface area contributed by atoms with Crippen LogP contribution in [0.3, 0.4) is 0 Å². The summed E-state index contributed by atoms with van der Waals surface area (Å²) in [6.45, 7) is 18.0. The van der Waals surface area contributed by atoms with Gasteiger partial charge in [-0.3, -0.25) is 9.59 Å². The van der Waals surface area contributed by atoms with E-state index in [0.717, 1.165) is 63.4 Å². The molecule has 0 aromatic heterocycles. The maximum absolute atomic E-state index is 14.1. The normalized spacial score (nSPS) is 52.8. The first-order valence-electron chi connectivity index (χ1n) is 17.6. The summed E-state index contributed by atoms with van der Waals surface area (Å²) in [6, 6.07) is 0. The van der Waals surface area contributed by atoms with Gasteiger partial charge in [-0.1, -0.05) is 46.8 Å².